The molecular weight excluding hydrogens is 230 g/mol. The molecule has 0 heterocycles. The van der Waals surface area contributed by atoms with Crippen LogP contribution in [-0.2, 0) is 0 Å². The molecule has 0 nitrogen and oxygen atoms in total. The van der Waals surface area contributed by atoms with E-state index < -0.39 is 0 Å². The third-order valence-electron chi connectivity index (χ3n) is 3.46. The molecule has 0 aliphatic rings. The zero-order chi connectivity index (χ0) is 12.6. The van der Waals surface area contributed by atoms with Crippen LogP contribution >= 0.6 is 0 Å². The van der Waals surface area contributed by atoms with Crippen molar-refractivity contribution in [3.05, 3.63) is 0 Å². The van der Waals surface area contributed by atoms with Gasteiger partial charge in [0.2, 0.25) is 0 Å². The summed E-state index contributed by atoms with van der Waals surface area (Å²) in [5.74, 6) is 2.63. The average molecular weight is 263 g/mol. The van der Waals surface area contributed by atoms with E-state index >= 15 is 0 Å². The molecule has 0 atom stereocenters. The van der Waals surface area contributed by atoms with E-state index in [4.69, 9.17) is 0 Å². The van der Waals surface area contributed by atoms with Gasteiger partial charge in [0.15, 0.2) is 0 Å². The zero-order valence-electron chi connectivity index (χ0n) is 13.6. The van der Waals surface area contributed by atoms with Crippen LogP contribution in [0.2, 0.25) is 19.0 Å². The SMILES string of the molecule is CC(C)CC[B-](CCC(C)C)CCC(C)C.[K+]. The molecule has 0 N–H and O–H groups in total. The van der Waals surface area contributed by atoms with E-state index in [2.05, 4.69) is 41.5 Å². The Morgan fingerprint density at radius 2 is 0.824 bits per heavy atom. The van der Waals surface area contributed by atoms with Crippen molar-refractivity contribution in [2.45, 2.75) is 79.8 Å². The molecule has 0 bridgehead atoms. The van der Waals surface area contributed by atoms with E-state index in [-0.39, 0.29) is 51.4 Å². The van der Waals surface area contributed by atoms with Crippen LogP contribution in [0.4, 0.5) is 0 Å². The molecule has 0 spiro atoms. The normalized spacial score (nSPS) is 11.6. The van der Waals surface area contributed by atoms with Gasteiger partial charge >= 0.3 is 51.4 Å². The van der Waals surface area contributed by atoms with E-state index in [0.717, 1.165) is 24.5 Å². The van der Waals surface area contributed by atoms with E-state index in [1.54, 1.807) is 0 Å². The minimum absolute atomic E-state index is 0. The topological polar surface area (TPSA) is 0 Å². The number of hydrogen-bond donors (Lipinski definition) is 0. The minimum atomic E-state index is 0. The molecule has 0 aromatic rings. The van der Waals surface area contributed by atoms with Gasteiger partial charge in [-0.15, -0.1) is 6.71 Å². The van der Waals surface area contributed by atoms with Crippen LogP contribution in [0.5, 0.6) is 0 Å². The van der Waals surface area contributed by atoms with Gasteiger partial charge in [-0.3, -0.25) is 0 Å². The first-order valence-electron chi connectivity index (χ1n) is 7.41. The summed E-state index contributed by atoms with van der Waals surface area (Å²) in [6.45, 7) is 15.1. The number of rotatable bonds is 9. The maximum absolute atomic E-state index is 2.35. The van der Waals surface area contributed by atoms with E-state index in [9.17, 15) is 0 Å². The molecule has 17 heavy (non-hydrogen) atoms. The molecule has 0 aliphatic heterocycles. The molecule has 0 aliphatic carbocycles. The summed E-state index contributed by atoms with van der Waals surface area (Å²) in [5.41, 5.74) is 0. The predicted molar refractivity (Wildman–Crippen MR) is 78.5 cm³/mol. The van der Waals surface area contributed by atoms with Crippen molar-refractivity contribution < 1.29 is 51.4 Å². The summed E-state index contributed by atoms with van der Waals surface area (Å²) in [6, 6.07) is 0. The maximum atomic E-state index is 2.35. The Balaban J connectivity index is 0. The van der Waals surface area contributed by atoms with Crippen LogP contribution < -0.4 is 51.4 Å². The van der Waals surface area contributed by atoms with Crippen molar-refractivity contribution in [3.63, 3.8) is 0 Å². The van der Waals surface area contributed by atoms with Crippen molar-refractivity contribution >= 4 is 6.71 Å². The quantitative estimate of drug-likeness (QED) is 0.561. The third-order valence-corrected chi connectivity index (χ3v) is 3.46. The molecule has 0 saturated carbocycles. The third kappa shape index (κ3) is 15.6. The van der Waals surface area contributed by atoms with Crippen LogP contribution in [0.15, 0.2) is 0 Å². The zero-order valence-corrected chi connectivity index (χ0v) is 16.7. The van der Waals surface area contributed by atoms with E-state index in [0.29, 0.717) is 0 Å². The summed E-state index contributed by atoms with van der Waals surface area (Å²) in [6.07, 6.45) is 8.62. The Morgan fingerprint density at radius 3 is 1.00 bits per heavy atom. The Hall–Kier alpha value is 1.70. The summed E-state index contributed by atoms with van der Waals surface area (Å²) in [7, 11) is 0. The largest absolute Gasteiger partial charge is 1.00 e. The second-order valence-corrected chi connectivity index (χ2v) is 6.78. The van der Waals surface area contributed by atoms with Crippen molar-refractivity contribution in [2.24, 2.45) is 17.8 Å². The van der Waals surface area contributed by atoms with Crippen LogP contribution in [0.3, 0.4) is 0 Å². The Bertz CT molecular complexity index is 126. The van der Waals surface area contributed by atoms with Crippen LogP contribution in [-0.4, -0.2) is 6.71 Å². The van der Waals surface area contributed by atoms with Gasteiger partial charge in [0.05, 0.1) is 0 Å². The van der Waals surface area contributed by atoms with Gasteiger partial charge in [-0.1, -0.05) is 78.6 Å². The van der Waals surface area contributed by atoms with Crippen molar-refractivity contribution in [2.75, 3.05) is 0 Å². The standard InChI is InChI=1S/C15H33B.K/c1-13(2)7-10-16(11-8-14(3)4)12-9-15(5)6;/h13-15H,7-12H2,1-6H3;/q-1;+1. The Morgan fingerprint density at radius 1 is 0.588 bits per heavy atom. The van der Waals surface area contributed by atoms with Gasteiger partial charge in [0.25, 0.3) is 0 Å². The molecular formula is C15H33BK. The summed E-state index contributed by atoms with van der Waals surface area (Å²) < 4.78 is 0. The Kier molecular flexibility index (Phi) is 15.7. The molecule has 97 valence electrons. The molecule has 1 radical (unpaired) electrons. The van der Waals surface area contributed by atoms with Gasteiger partial charge in [-0.2, -0.15) is 0 Å². The maximum Gasteiger partial charge on any atom is 1.00 e. The first-order valence-corrected chi connectivity index (χ1v) is 7.41. The molecule has 2 heteroatoms. The van der Waals surface area contributed by atoms with Gasteiger partial charge < -0.3 is 0 Å². The van der Waals surface area contributed by atoms with Gasteiger partial charge in [0.1, 0.15) is 0 Å². The summed E-state index contributed by atoms with van der Waals surface area (Å²) in [4.78, 5) is 0. The van der Waals surface area contributed by atoms with E-state index in [1.807, 2.05) is 0 Å². The summed E-state index contributed by atoms with van der Waals surface area (Å²) >= 11 is 0. The van der Waals surface area contributed by atoms with Crippen LogP contribution in [0.25, 0.3) is 0 Å². The molecule has 0 saturated heterocycles. The molecule has 0 aromatic heterocycles. The molecule has 0 aromatic carbocycles. The fourth-order valence-corrected chi connectivity index (χ4v) is 2.14. The molecule has 0 rings (SSSR count). The smallest absolute Gasteiger partial charge is 0.208 e. The molecule has 0 amide bonds. The van der Waals surface area contributed by atoms with Crippen molar-refractivity contribution in [3.8, 4) is 0 Å². The molecule has 0 fully saturated rings. The summed E-state index contributed by atoms with van der Waals surface area (Å²) in [5, 5.41) is 0. The molecule has 0 unspecified atom stereocenters. The second-order valence-electron chi connectivity index (χ2n) is 6.78. The average Bonchev–Trinajstić information content (AvgIpc) is 2.15. The second kappa shape index (κ2) is 12.7. The first-order chi connectivity index (χ1) is 7.41. The monoisotopic (exact) mass is 263 g/mol. The number of hydrogen-bond acceptors (Lipinski definition) is 0. The Labute approximate surface area is 154 Å². The van der Waals surface area contributed by atoms with Crippen LogP contribution in [0.1, 0.15) is 60.8 Å². The first kappa shape index (κ1) is 21.0. The van der Waals surface area contributed by atoms with E-state index in [1.165, 1.54) is 38.2 Å². The minimum Gasteiger partial charge on any atom is -0.208 e. The fraction of sp³-hybridized carbons (Fsp3) is 1.00. The van der Waals surface area contributed by atoms with Crippen molar-refractivity contribution in [1.82, 2.24) is 0 Å². The fourth-order valence-electron chi connectivity index (χ4n) is 2.14. The van der Waals surface area contributed by atoms with Gasteiger partial charge in [-0.25, -0.2) is 19.0 Å². The van der Waals surface area contributed by atoms with Crippen molar-refractivity contribution in [1.29, 1.82) is 0 Å². The van der Waals surface area contributed by atoms with Gasteiger partial charge in [-0.05, 0) is 0 Å². The van der Waals surface area contributed by atoms with Gasteiger partial charge in [0, 0.05) is 0 Å². The predicted octanol–water partition coefficient (Wildman–Crippen LogP) is 2.62. The van der Waals surface area contributed by atoms with Crippen LogP contribution in [0, 0.1) is 17.8 Å².